The molecule has 0 bridgehead atoms. The Kier molecular flexibility index (Phi) is 5.61. The Morgan fingerprint density at radius 3 is 2.62 bits per heavy atom. The van der Waals surface area contributed by atoms with Crippen molar-refractivity contribution in [3.05, 3.63) is 44.4 Å². The molecule has 112 valence electrons. The van der Waals surface area contributed by atoms with Crippen LogP contribution >= 0.6 is 39.1 Å². The van der Waals surface area contributed by atoms with E-state index in [4.69, 9.17) is 23.2 Å². The summed E-state index contributed by atoms with van der Waals surface area (Å²) in [6.07, 6.45) is 0.167. The van der Waals surface area contributed by atoms with Gasteiger partial charge >= 0.3 is 0 Å². The SMILES string of the molecule is CCn1nc(Br)nc1CC(=O)NCc1cc(Cl)cc(Cl)c1. The first kappa shape index (κ1) is 16.3. The Balaban J connectivity index is 1.95. The lowest BCUT2D eigenvalue weighted by Crippen LogP contribution is -2.26. The standard InChI is InChI=1S/C13H13BrCl2N4O/c1-2-20-11(18-13(14)19-20)6-12(21)17-7-8-3-9(15)5-10(16)4-8/h3-5H,2,6-7H2,1H3,(H,17,21). The minimum atomic E-state index is -0.138. The lowest BCUT2D eigenvalue weighted by Gasteiger charge is -2.07. The highest BCUT2D eigenvalue weighted by atomic mass is 79.9. The monoisotopic (exact) mass is 390 g/mol. The van der Waals surface area contributed by atoms with E-state index < -0.39 is 0 Å². The molecular formula is C13H13BrCl2N4O. The zero-order valence-electron chi connectivity index (χ0n) is 11.2. The summed E-state index contributed by atoms with van der Waals surface area (Å²) in [5.74, 6) is 0.478. The Morgan fingerprint density at radius 1 is 1.33 bits per heavy atom. The van der Waals surface area contributed by atoms with Crippen LogP contribution < -0.4 is 5.32 Å². The van der Waals surface area contributed by atoms with Crippen molar-refractivity contribution < 1.29 is 4.79 Å². The molecule has 2 rings (SSSR count). The number of halogens is 3. The maximum absolute atomic E-state index is 12.0. The summed E-state index contributed by atoms with van der Waals surface area (Å²) in [6.45, 7) is 2.96. The van der Waals surface area contributed by atoms with E-state index in [1.54, 1.807) is 22.9 Å². The average molecular weight is 392 g/mol. The number of aromatic nitrogens is 3. The zero-order valence-corrected chi connectivity index (χ0v) is 14.3. The first-order valence-electron chi connectivity index (χ1n) is 6.29. The molecule has 21 heavy (non-hydrogen) atoms. The van der Waals surface area contributed by atoms with Crippen LogP contribution in [0.5, 0.6) is 0 Å². The second-order valence-corrected chi connectivity index (χ2v) is 5.93. The largest absolute Gasteiger partial charge is 0.352 e. The van der Waals surface area contributed by atoms with Crippen LogP contribution in [-0.2, 0) is 24.3 Å². The molecule has 0 fully saturated rings. The van der Waals surface area contributed by atoms with Gasteiger partial charge in [-0.05, 0) is 46.6 Å². The van der Waals surface area contributed by atoms with Gasteiger partial charge in [-0.3, -0.25) is 4.79 Å². The Labute approximate surface area is 140 Å². The van der Waals surface area contributed by atoms with Crippen molar-refractivity contribution >= 4 is 45.0 Å². The predicted octanol–water partition coefficient (Wildman–Crippen LogP) is 3.23. The molecule has 8 heteroatoms. The van der Waals surface area contributed by atoms with E-state index >= 15 is 0 Å². The van der Waals surface area contributed by atoms with Gasteiger partial charge < -0.3 is 5.32 Å². The van der Waals surface area contributed by atoms with E-state index in [2.05, 4.69) is 31.3 Å². The Morgan fingerprint density at radius 2 is 2.00 bits per heavy atom. The van der Waals surface area contributed by atoms with E-state index in [9.17, 15) is 4.79 Å². The molecule has 0 atom stereocenters. The van der Waals surface area contributed by atoms with Crippen LogP contribution in [0.3, 0.4) is 0 Å². The van der Waals surface area contributed by atoms with Gasteiger partial charge in [0.05, 0.1) is 6.42 Å². The van der Waals surface area contributed by atoms with Crippen LogP contribution in [0.15, 0.2) is 22.9 Å². The van der Waals surface area contributed by atoms with Crippen LogP contribution in [0.25, 0.3) is 0 Å². The van der Waals surface area contributed by atoms with Gasteiger partial charge in [0.15, 0.2) is 0 Å². The molecule has 0 saturated heterocycles. The summed E-state index contributed by atoms with van der Waals surface area (Å²) in [7, 11) is 0. The van der Waals surface area contributed by atoms with Crippen molar-refractivity contribution in [1.82, 2.24) is 20.1 Å². The minimum absolute atomic E-state index is 0.138. The average Bonchev–Trinajstić information content (AvgIpc) is 2.75. The van der Waals surface area contributed by atoms with Crippen LogP contribution in [0.2, 0.25) is 10.0 Å². The highest BCUT2D eigenvalue weighted by Crippen LogP contribution is 2.18. The lowest BCUT2D eigenvalue weighted by atomic mass is 10.2. The predicted molar refractivity (Wildman–Crippen MR) is 85.4 cm³/mol. The van der Waals surface area contributed by atoms with E-state index in [1.165, 1.54) is 0 Å². The van der Waals surface area contributed by atoms with Gasteiger partial charge in [-0.15, -0.1) is 5.10 Å². The lowest BCUT2D eigenvalue weighted by molar-refractivity contribution is -0.120. The van der Waals surface area contributed by atoms with Gasteiger partial charge in [-0.1, -0.05) is 23.2 Å². The normalized spacial score (nSPS) is 10.7. The van der Waals surface area contributed by atoms with Crippen LogP contribution in [-0.4, -0.2) is 20.7 Å². The van der Waals surface area contributed by atoms with Gasteiger partial charge in [0.25, 0.3) is 0 Å². The number of amides is 1. The zero-order chi connectivity index (χ0) is 15.4. The number of nitrogens with zero attached hydrogens (tertiary/aromatic N) is 3. The fraction of sp³-hybridized carbons (Fsp3) is 0.308. The number of nitrogens with one attached hydrogen (secondary N) is 1. The van der Waals surface area contributed by atoms with Crippen molar-refractivity contribution in [2.24, 2.45) is 0 Å². The fourth-order valence-electron chi connectivity index (χ4n) is 1.85. The molecule has 1 aromatic carbocycles. The summed E-state index contributed by atoms with van der Waals surface area (Å²) in [6, 6.07) is 5.17. The molecule has 0 saturated carbocycles. The van der Waals surface area contributed by atoms with Crippen LogP contribution in [0.4, 0.5) is 0 Å². The molecule has 1 N–H and O–H groups in total. The van der Waals surface area contributed by atoms with Crippen molar-refractivity contribution in [1.29, 1.82) is 0 Å². The molecule has 0 aliphatic carbocycles. The van der Waals surface area contributed by atoms with Crippen molar-refractivity contribution in [3.63, 3.8) is 0 Å². The number of benzene rings is 1. The quantitative estimate of drug-likeness (QED) is 0.851. The molecule has 2 aromatic rings. The number of aryl methyl sites for hydroxylation is 1. The number of hydrogen-bond donors (Lipinski definition) is 1. The Hall–Kier alpha value is -1.11. The topological polar surface area (TPSA) is 59.8 Å². The van der Waals surface area contributed by atoms with Crippen LogP contribution in [0, 0.1) is 0 Å². The van der Waals surface area contributed by atoms with E-state index in [0.717, 1.165) is 5.56 Å². The summed E-state index contributed by atoms with van der Waals surface area (Å²) < 4.78 is 2.16. The maximum Gasteiger partial charge on any atom is 0.227 e. The molecule has 1 heterocycles. The van der Waals surface area contributed by atoms with Crippen LogP contribution in [0.1, 0.15) is 18.3 Å². The molecule has 0 aliphatic heterocycles. The summed E-state index contributed by atoms with van der Waals surface area (Å²) in [5.41, 5.74) is 0.846. The first-order chi connectivity index (χ1) is 9.97. The highest BCUT2D eigenvalue weighted by molar-refractivity contribution is 9.10. The number of rotatable bonds is 5. The fourth-order valence-corrected chi connectivity index (χ4v) is 2.82. The number of carbonyl (C=O) groups excluding carboxylic acids is 1. The van der Waals surface area contributed by atoms with E-state index in [1.807, 2.05) is 6.92 Å². The van der Waals surface area contributed by atoms with Gasteiger partial charge in [0.2, 0.25) is 10.6 Å². The Bertz CT molecular complexity index is 639. The molecule has 0 spiro atoms. The highest BCUT2D eigenvalue weighted by Gasteiger charge is 2.11. The molecule has 0 aliphatic rings. The third kappa shape index (κ3) is 4.69. The molecule has 0 radical (unpaired) electrons. The molecule has 1 aromatic heterocycles. The van der Waals surface area contributed by atoms with Gasteiger partial charge in [0, 0.05) is 23.1 Å². The smallest absolute Gasteiger partial charge is 0.227 e. The van der Waals surface area contributed by atoms with E-state index in [0.29, 0.717) is 33.7 Å². The third-order valence-electron chi connectivity index (χ3n) is 2.75. The second kappa shape index (κ2) is 7.24. The van der Waals surface area contributed by atoms with Crippen molar-refractivity contribution in [2.45, 2.75) is 26.4 Å². The number of hydrogen-bond acceptors (Lipinski definition) is 3. The summed E-state index contributed by atoms with van der Waals surface area (Å²) in [5, 5.41) is 8.03. The van der Waals surface area contributed by atoms with Gasteiger partial charge in [0.1, 0.15) is 5.82 Å². The second-order valence-electron chi connectivity index (χ2n) is 4.34. The summed E-state index contributed by atoms with van der Waals surface area (Å²) >= 11 is 15.0. The number of carbonyl (C=O) groups is 1. The first-order valence-corrected chi connectivity index (χ1v) is 7.83. The van der Waals surface area contributed by atoms with Crippen molar-refractivity contribution in [3.8, 4) is 0 Å². The maximum atomic E-state index is 12.0. The third-order valence-corrected chi connectivity index (χ3v) is 3.53. The van der Waals surface area contributed by atoms with Crippen molar-refractivity contribution in [2.75, 3.05) is 0 Å². The van der Waals surface area contributed by atoms with Gasteiger partial charge in [-0.25, -0.2) is 9.67 Å². The van der Waals surface area contributed by atoms with Gasteiger partial charge in [-0.2, -0.15) is 0 Å². The minimum Gasteiger partial charge on any atom is -0.352 e. The molecule has 5 nitrogen and oxygen atoms in total. The molecular weight excluding hydrogens is 379 g/mol. The molecule has 1 amide bonds. The van der Waals surface area contributed by atoms with E-state index in [-0.39, 0.29) is 12.3 Å². The summed E-state index contributed by atoms with van der Waals surface area (Å²) in [4.78, 5) is 16.1. The molecule has 0 unspecified atom stereocenters.